The van der Waals surface area contributed by atoms with E-state index in [4.69, 9.17) is 23.2 Å². The average molecular weight is 375 g/mol. The first kappa shape index (κ1) is 15.2. The first-order valence-corrected chi connectivity index (χ1v) is 7.23. The number of hydrogen-bond donors (Lipinski definition) is 2. The SMILES string of the molecule is O=C(Cc1cccc(O)c1)Nc1c(Cl)cc(Br)cc1Cl. The molecule has 20 heavy (non-hydrogen) atoms. The summed E-state index contributed by atoms with van der Waals surface area (Å²) >= 11 is 15.3. The van der Waals surface area contributed by atoms with E-state index in [2.05, 4.69) is 21.2 Å². The van der Waals surface area contributed by atoms with Gasteiger partial charge in [0.15, 0.2) is 0 Å². The molecule has 0 aromatic heterocycles. The van der Waals surface area contributed by atoms with Gasteiger partial charge < -0.3 is 10.4 Å². The summed E-state index contributed by atoms with van der Waals surface area (Å²) < 4.78 is 0.735. The summed E-state index contributed by atoms with van der Waals surface area (Å²) in [6, 6.07) is 9.81. The van der Waals surface area contributed by atoms with Crippen LogP contribution < -0.4 is 5.32 Å². The zero-order valence-corrected chi connectivity index (χ0v) is 13.3. The monoisotopic (exact) mass is 373 g/mol. The summed E-state index contributed by atoms with van der Waals surface area (Å²) in [5.41, 5.74) is 1.08. The van der Waals surface area contributed by atoms with E-state index < -0.39 is 0 Å². The fourth-order valence-corrected chi connectivity index (χ4v) is 3.00. The minimum atomic E-state index is -0.262. The molecule has 2 N–H and O–H groups in total. The molecule has 0 heterocycles. The summed E-state index contributed by atoms with van der Waals surface area (Å²) in [6.45, 7) is 0. The normalized spacial score (nSPS) is 10.3. The number of hydrogen-bond acceptors (Lipinski definition) is 2. The van der Waals surface area contributed by atoms with Gasteiger partial charge in [0.1, 0.15) is 5.75 Å². The minimum Gasteiger partial charge on any atom is -0.508 e. The number of carbonyl (C=O) groups is 1. The number of halogens is 3. The Bertz CT molecular complexity index is 638. The van der Waals surface area contributed by atoms with Crippen molar-refractivity contribution in [2.75, 3.05) is 5.32 Å². The minimum absolute atomic E-state index is 0.120. The lowest BCUT2D eigenvalue weighted by molar-refractivity contribution is -0.115. The zero-order valence-electron chi connectivity index (χ0n) is 10.2. The Morgan fingerprint density at radius 2 is 1.85 bits per heavy atom. The third kappa shape index (κ3) is 3.88. The molecular weight excluding hydrogens is 365 g/mol. The second-order valence-electron chi connectivity index (χ2n) is 4.14. The summed E-state index contributed by atoms with van der Waals surface area (Å²) in [5, 5.41) is 12.7. The molecule has 0 aliphatic rings. The van der Waals surface area contributed by atoms with E-state index in [1.54, 1.807) is 30.3 Å². The Balaban J connectivity index is 2.13. The van der Waals surface area contributed by atoms with Crippen molar-refractivity contribution in [3.8, 4) is 5.75 Å². The van der Waals surface area contributed by atoms with Crippen LogP contribution in [0.3, 0.4) is 0 Å². The molecular formula is C14H10BrCl2NO2. The predicted molar refractivity (Wildman–Crippen MR) is 84.6 cm³/mol. The maximum atomic E-state index is 12.0. The van der Waals surface area contributed by atoms with Gasteiger partial charge >= 0.3 is 0 Å². The number of nitrogens with one attached hydrogen (secondary N) is 1. The van der Waals surface area contributed by atoms with Gasteiger partial charge in [-0.15, -0.1) is 0 Å². The van der Waals surface area contributed by atoms with Gasteiger partial charge in [-0.05, 0) is 29.8 Å². The fraction of sp³-hybridized carbons (Fsp3) is 0.0714. The second-order valence-corrected chi connectivity index (χ2v) is 5.87. The molecule has 0 saturated heterocycles. The molecule has 0 spiro atoms. The Morgan fingerprint density at radius 3 is 2.45 bits per heavy atom. The van der Waals surface area contributed by atoms with Gasteiger partial charge in [0.2, 0.25) is 5.91 Å². The van der Waals surface area contributed by atoms with Crippen molar-refractivity contribution in [2.24, 2.45) is 0 Å². The first-order chi connectivity index (χ1) is 9.45. The molecule has 0 radical (unpaired) electrons. The standard InChI is InChI=1S/C14H10BrCl2NO2/c15-9-6-11(16)14(12(17)7-9)18-13(20)5-8-2-1-3-10(19)4-8/h1-4,6-7,19H,5H2,(H,18,20). The maximum Gasteiger partial charge on any atom is 0.228 e. The van der Waals surface area contributed by atoms with Gasteiger partial charge in [-0.25, -0.2) is 0 Å². The highest BCUT2D eigenvalue weighted by Gasteiger charge is 2.11. The lowest BCUT2D eigenvalue weighted by Crippen LogP contribution is -2.15. The molecule has 0 saturated carbocycles. The van der Waals surface area contributed by atoms with Crippen LogP contribution in [0.1, 0.15) is 5.56 Å². The van der Waals surface area contributed by atoms with Crippen LogP contribution in [-0.2, 0) is 11.2 Å². The molecule has 104 valence electrons. The first-order valence-electron chi connectivity index (χ1n) is 5.68. The van der Waals surface area contributed by atoms with Crippen LogP contribution in [0.2, 0.25) is 10.0 Å². The van der Waals surface area contributed by atoms with Crippen LogP contribution in [0.5, 0.6) is 5.75 Å². The highest BCUT2D eigenvalue weighted by atomic mass is 79.9. The van der Waals surface area contributed by atoms with Crippen molar-refractivity contribution < 1.29 is 9.90 Å². The topological polar surface area (TPSA) is 49.3 Å². The lowest BCUT2D eigenvalue weighted by atomic mass is 10.1. The number of phenolic OH excluding ortho intramolecular Hbond substituents is 1. The largest absolute Gasteiger partial charge is 0.508 e. The highest BCUT2D eigenvalue weighted by molar-refractivity contribution is 9.10. The zero-order chi connectivity index (χ0) is 14.7. The van der Waals surface area contributed by atoms with E-state index >= 15 is 0 Å². The number of aromatic hydroxyl groups is 1. The molecule has 0 unspecified atom stereocenters. The van der Waals surface area contributed by atoms with Crippen LogP contribution in [0.4, 0.5) is 5.69 Å². The Kier molecular flexibility index (Phi) is 4.91. The van der Waals surface area contributed by atoms with Crippen LogP contribution in [0.25, 0.3) is 0 Å². The lowest BCUT2D eigenvalue weighted by Gasteiger charge is -2.10. The van der Waals surface area contributed by atoms with E-state index in [1.807, 2.05) is 0 Å². The molecule has 0 fully saturated rings. The number of anilines is 1. The van der Waals surface area contributed by atoms with Gasteiger partial charge in [-0.3, -0.25) is 4.79 Å². The maximum absolute atomic E-state index is 12.0. The van der Waals surface area contributed by atoms with E-state index in [1.165, 1.54) is 6.07 Å². The molecule has 2 rings (SSSR count). The Morgan fingerprint density at radius 1 is 1.20 bits per heavy atom. The number of benzene rings is 2. The van der Waals surface area contributed by atoms with E-state index in [9.17, 15) is 9.90 Å². The molecule has 0 bridgehead atoms. The summed E-state index contributed by atoms with van der Waals surface area (Å²) in [4.78, 5) is 12.0. The van der Waals surface area contributed by atoms with Crippen molar-refractivity contribution in [2.45, 2.75) is 6.42 Å². The van der Waals surface area contributed by atoms with Crippen molar-refractivity contribution >= 4 is 50.7 Å². The second kappa shape index (κ2) is 6.48. The number of carbonyl (C=O) groups excluding carboxylic acids is 1. The highest BCUT2D eigenvalue weighted by Crippen LogP contribution is 2.33. The van der Waals surface area contributed by atoms with Gasteiger partial charge in [0, 0.05) is 4.47 Å². The molecule has 1 amide bonds. The van der Waals surface area contributed by atoms with Crippen molar-refractivity contribution in [3.63, 3.8) is 0 Å². The number of rotatable bonds is 3. The third-order valence-corrected chi connectivity index (χ3v) is 3.60. The van der Waals surface area contributed by atoms with Crippen LogP contribution in [0.15, 0.2) is 40.9 Å². The summed E-state index contributed by atoms with van der Waals surface area (Å²) in [5.74, 6) is -0.142. The Labute approximate surface area is 134 Å². The molecule has 0 atom stereocenters. The molecule has 3 nitrogen and oxygen atoms in total. The number of amides is 1. The number of phenols is 1. The van der Waals surface area contributed by atoms with E-state index in [-0.39, 0.29) is 18.1 Å². The summed E-state index contributed by atoms with van der Waals surface area (Å²) in [6.07, 6.45) is 0.122. The van der Waals surface area contributed by atoms with Crippen LogP contribution in [-0.4, -0.2) is 11.0 Å². The molecule has 2 aromatic rings. The fourth-order valence-electron chi connectivity index (χ4n) is 1.70. The van der Waals surface area contributed by atoms with Crippen molar-refractivity contribution in [3.05, 3.63) is 56.5 Å². The summed E-state index contributed by atoms with van der Waals surface area (Å²) in [7, 11) is 0. The van der Waals surface area contributed by atoms with E-state index in [0.717, 1.165) is 4.47 Å². The Hall–Kier alpha value is -1.23. The molecule has 0 aliphatic carbocycles. The van der Waals surface area contributed by atoms with Gasteiger partial charge in [0.25, 0.3) is 0 Å². The smallest absolute Gasteiger partial charge is 0.228 e. The molecule has 0 aliphatic heterocycles. The molecule has 2 aromatic carbocycles. The van der Waals surface area contributed by atoms with E-state index in [0.29, 0.717) is 21.3 Å². The van der Waals surface area contributed by atoms with Crippen LogP contribution >= 0.6 is 39.1 Å². The van der Waals surface area contributed by atoms with Crippen molar-refractivity contribution in [1.82, 2.24) is 0 Å². The van der Waals surface area contributed by atoms with Gasteiger partial charge in [-0.1, -0.05) is 51.3 Å². The van der Waals surface area contributed by atoms with Gasteiger partial charge in [0.05, 0.1) is 22.2 Å². The average Bonchev–Trinajstić information content (AvgIpc) is 2.33. The van der Waals surface area contributed by atoms with Crippen molar-refractivity contribution in [1.29, 1.82) is 0 Å². The molecule has 6 heteroatoms. The predicted octanol–water partition coefficient (Wildman–Crippen LogP) is 4.64. The van der Waals surface area contributed by atoms with Gasteiger partial charge in [-0.2, -0.15) is 0 Å². The third-order valence-electron chi connectivity index (χ3n) is 2.55. The quantitative estimate of drug-likeness (QED) is 0.821. The van der Waals surface area contributed by atoms with Crippen LogP contribution in [0, 0.1) is 0 Å².